The van der Waals surface area contributed by atoms with Gasteiger partial charge < -0.3 is 25.7 Å². The van der Waals surface area contributed by atoms with Crippen LogP contribution in [0, 0.1) is 0 Å². The van der Waals surface area contributed by atoms with Gasteiger partial charge in [-0.15, -0.1) is 11.3 Å². The van der Waals surface area contributed by atoms with Crippen LogP contribution < -0.4 is 21.2 Å². The van der Waals surface area contributed by atoms with Gasteiger partial charge in [0.1, 0.15) is 17.3 Å². The van der Waals surface area contributed by atoms with Crippen molar-refractivity contribution >= 4 is 68.3 Å². The number of carbonyl (C=O) groups is 6. The molecule has 1 atom stereocenters. The van der Waals surface area contributed by atoms with Crippen LogP contribution in [0.2, 0.25) is 0 Å². The number of carboxylic acids is 1. The number of hydrogen-bond donors (Lipinski definition) is 5. The lowest BCUT2D eigenvalue weighted by Crippen LogP contribution is -2.68. The second-order valence-electron chi connectivity index (χ2n) is 10.4. The second-order valence-corrected chi connectivity index (χ2v) is 12.9. The number of aliphatic carboxylic acids is 1. The summed E-state index contributed by atoms with van der Waals surface area (Å²) in [6.45, 7) is 5.93. The van der Waals surface area contributed by atoms with Crippen LogP contribution >= 0.6 is 11.3 Å². The molecule has 1 aromatic heterocycles. The van der Waals surface area contributed by atoms with Crippen LogP contribution in [-0.4, -0.2) is 111 Å². The van der Waals surface area contributed by atoms with Crippen molar-refractivity contribution in [2.45, 2.75) is 51.9 Å². The summed E-state index contributed by atoms with van der Waals surface area (Å²) in [6, 6.07) is -3.90. The third-order valence-electron chi connectivity index (χ3n) is 5.44. The zero-order valence-electron chi connectivity index (χ0n) is 23.4. The van der Waals surface area contributed by atoms with Gasteiger partial charge in [-0.2, -0.15) is 8.42 Å². The Kier molecular flexibility index (Phi) is 9.05. The van der Waals surface area contributed by atoms with Gasteiger partial charge in [-0.3, -0.25) is 14.5 Å². The minimum atomic E-state index is -4.81. The number of nitrogen functional groups attached to an aromatic ring is 1. The lowest BCUT2D eigenvalue weighted by atomic mass is 10.1. The van der Waals surface area contributed by atoms with Crippen molar-refractivity contribution in [2.24, 2.45) is 5.16 Å². The van der Waals surface area contributed by atoms with Crippen LogP contribution in [0.1, 0.15) is 40.3 Å². The highest BCUT2D eigenvalue weighted by Crippen LogP contribution is 2.18. The Morgan fingerprint density at radius 2 is 1.81 bits per heavy atom. The predicted octanol–water partition coefficient (Wildman–Crippen LogP) is -1.23. The quantitative estimate of drug-likeness (QED) is 0.119. The van der Waals surface area contributed by atoms with Crippen molar-refractivity contribution in [1.29, 1.82) is 0 Å². The van der Waals surface area contributed by atoms with E-state index in [9.17, 15) is 42.3 Å². The molecule has 2 fully saturated rings. The number of imide groups is 1. The van der Waals surface area contributed by atoms with E-state index in [-0.39, 0.29) is 21.7 Å². The predicted molar refractivity (Wildman–Crippen MR) is 145 cm³/mol. The van der Waals surface area contributed by atoms with E-state index in [1.165, 1.54) is 19.2 Å². The van der Waals surface area contributed by atoms with E-state index in [0.717, 1.165) is 11.3 Å². The zero-order valence-corrected chi connectivity index (χ0v) is 25.1. The number of rotatable bonds is 9. The fraction of sp³-hybridized carbons (Fsp3) is 0.524. The van der Waals surface area contributed by atoms with E-state index in [1.54, 1.807) is 25.5 Å². The van der Waals surface area contributed by atoms with Gasteiger partial charge in [0, 0.05) is 5.38 Å². The van der Waals surface area contributed by atoms with E-state index in [4.69, 9.17) is 15.3 Å². The molecule has 1 aromatic rings. The first kappa shape index (κ1) is 32.8. The molecule has 236 valence electrons. The largest absolute Gasteiger partial charge is 0.478 e. The normalized spacial score (nSPS) is 17.7. The molecule has 2 aliphatic rings. The fourth-order valence-electron chi connectivity index (χ4n) is 3.22. The summed E-state index contributed by atoms with van der Waals surface area (Å²) in [5, 5.41) is 17.1. The van der Waals surface area contributed by atoms with E-state index in [1.807, 2.05) is 0 Å². The van der Waals surface area contributed by atoms with E-state index in [2.05, 4.69) is 20.9 Å². The molecule has 22 heteroatoms. The molecule has 43 heavy (non-hydrogen) atoms. The lowest BCUT2D eigenvalue weighted by molar-refractivity contribution is -0.161. The van der Waals surface area contributed by atoms with Crippen molar-refractivity contribution in [1.82, 2.24) is 34.7 Å². The molecule has 2 saturated heterocycles. The number of urea groups is 2. The summed E-state index contributed by atoms with van der Waals surface area (Å²) in [4.78, 5) is 83.1. The van der Waals surface area contributed by atoms with Gasteiger partial charge in [-0.1, -0.05) is 5.16 Å². The maximum absolute atomic E-state index is 12.9. The first-order chi connectivity index (χ1) is 19.7. The number of hydrogen-bond acceptors (Lipinski definition) is 14. The number of carbonyl (C=O) groups excluding carboxylic acids is 5. The van der Waals surface area contributed by atoms with Crippen molar-refractivity contribution in [3.05, 3.63) is 11.1 Å². The number of nitrogens with two attached hydrogens (primary N) is 1. The monoisotopic (exact) mass is 647 g/mol. The van der Waals surface area contributed by atoms with Gasteiger partial charge in [0.2, 0.25) is 5.60 Å². The van der Waals surface area contributed by atoms with Gasteiger partial charge in [0.15, 0.2) is 10.8 Å². The van der Waals surface area contributed by atoms with Crippen molar-refractivity contribution in [3.63, 3.8) is 0 Å². The number of thiazole rings is 1. The van der Waals surface area contributed by atoms with E-state index < -0.39 is 82.2 Å². The van der Waals surface area contributed by atoms with Crippen molar-refractivity contribution in [2.75, 3.05) is 25.4 Å². The number of aromatic nitrogens is 1. The SMILES string of the molecule is CC(C)(C)OC(=O)NN1CCN(S(=O)(=O)NC(=O)N2CC(NC(=O)C(=NOC(C)(C)C(=O)O)c3csc(N)n3)C2=O)C1=O. The molecule has 2 aliphatic heterocycles. The van der Waals surface area contributed by atoms with Crippen LogP contribution in [-0.2, 0) is 34.2 Å². The number of nitrogens with zero attached hydrogens (tertiary/aromatic N) is 5. The number of amides is 7. The topological polar surface area (TPSA) is 272 Å². The summed E-state index contributed by atoms with van der Waals surface area (Å²) < 4.78 is 32.2. The summed E-state index contributed by atoms with van der Waals surface area (Å²) in [7, 11) is -4.81. The molecule has 0 radical (unpaired) electrons. The summed E-state index contributed by atoms with van der Waals surface area (Å²) in [5.41, 5.74) is 4.38. The number of ether oxygens (including phenoxy) is 1. The van der Waals surface area contributed by atoms with Crippen LogP contribution in [0.25, 0.3) is 0 Å². The molecule has 0 spiro atoms. The van der Waals surface area contributed by atoms with Gasteiger partial charge in [-0.05, 0) is 34.6 Å². The Morgan fingerprint density at radius 1 is 1.16 bits per heavy atom. The maximum atomic E-state index is 12.9. The molecular formula is C21H29N9O11S2. The third kappa shape index (κ3) is 7.77. The number of carboxylic acid groups (broad SMARTS) is 1. The van der Waals surface area contributed by atoms with Crippen LogP contribution in [0.3, 0.4) is 0 Å². The Labute approximate surface area is 248 Å². The Hall–Kier alpha value is -4.73. The smallest absolute Gasteiger partial charge is 0.426 e. The molecule has 20 nitrogen and oxygen atoms in total. The molecule has 0 aliphatic carbocycles. The minimum absolute atomic E-state index is 0.0528. The molecule has 1 unspecified atom stereocenters. The number of anilines is 1. The maximum Gasteiger partial charge on any atom is 0.426 e. The third-order valence-corrected chi connectivity index (χ3v) is 7.47. The molecule has 7 amide bonds. The summed E-state index contributed by atoms with van der Waals surface area (Å²) in [6.07, 6.45) is -1.01. The number of β-lactam (4-membered cyclic amide) rings is 1. The minimum Gasteiger partial charge on any atom is -0.478 e. The van der Waals surface area contributed by atoms with Gasteiger partial charge in [0.05, 0.1) is 19.6 Å². The van der Waals surface area contributed by atoms with Gasteiger partial charge in [0.25, 0.3) is 11.8 Å². The Bertz CT molecular complexity index is 1480. The standard InChI is InChI=1S/C21H29N9O11S2/c1-20(2,3)40-18(36)25-29-6-7-30(19(29)37)43(38,39)27-17(35)28-8-10(14(28)32)23-13(31)12(11-9-42-16(22)24-11)26-41-21(4,5)15(33)34/h9-10H,6-8H2,1-5H3,(H2,22,24)(H,23,31)(H,25,36)(H,27,35)(H,33,34). The van der Waals surface area contributed by atoms with Crippen LogP contribution in [0.15, 0.2) is 10.5 Å². The van der Waals surface area contributed by atoms with Gasteiger partial charge >= 0.3 is 34.3 Å². The molecule has 0 aromatic carbocycles. The summed E-state index contributed by atoms with van der Waals surface area (Å²) in [5.74, 6) is -3.43. The van der Waals surface area contributed by atoms with Crippen LogP contribution in [0.5, 0.6) is 0 Å². The first-order valence-corrected chi connectivity index (χ1v) is 14.5. The number of hydrazine groups is 1. The average Bonchev–Trinajstić information content (AvgIpc) is 3.45. The molecular weight excluding hydrogens is 618 g/mol. The Morgan fingerprint density at radius 3 is 2.35 bits per heavy atom. The lowest BCUT2D eigenvalue weighted by Gasteiger charge is -2.36. The summed E-state index contributed by atoms with van der Waals surface area (Å²) >= 11 is 0.945. The Balaban J connectivity index is 1.61. The van der Waals surface area contributed by atoms with E-state index >= 15 is 0 Å². The molecule has 3 rings (SSSR count). The number of nitrogens with one attached hydrogen (secondary N) is 3. The van der Waals surface area contributed by atoms with Gasteiger partial charge in [-0.25, -0.2) is 43.6 Å². The highest BCUT2D eigenvalue weighted by atomic mass is 32.2. The average molecular weight is 648 g/mol. The van der Waals surface area contributed by atoms with Crippen molar-refractivity contribution in [3.8, 4) is 0 Å². The van der Waals surface area contributed by atoms with Crippen LogP contribution in [0.4, 0.5) is 19.5 Å². The number of likely N-dealkylation sites (tertiary alicyclic amines) is 1. The van der Waals surface area contributed by atoms with E-state index in [0.29, 0.717) is 9.91 Å². The molecule has 0 saturated carbocycles. The molecule has 3 heterocycles. The highest BCUT2D eigenvalue weighted by molar-refractivity contribution is 7.88. The molecule has 0 bridgehead atoms. The molecule has 6 N–H and O–H groups in total. The van der Waals surface area contributed by atoms with Crippen molar-refractivity contribution < 1.29 is 51.9 Å². The first-order valence-electron chi connectivity index (χ1n) is 12.2. The number of oxime groups is 1. The zero-order chi connectivity index (χ0) is 32.5. The highest BCUT2D eigenvalue weighted by Gasteiger charge is 2.46. The fourth-order valence-corrected chi connectivity index (χ4v) is 4.83. The second kappa shape index (κ2) is 11.9.